The van der Waals surface area contributed by atoms with Gasteiger partial charge in [0.15, 0.2) is 0 Å². The van der Waals surface area contributed by atoms with E-state index in [1.807, 2.05) is 0 Å². The van der Waals surface area contributed by atoms with Crippen LogP contribution in [-0.2, 0) is 9.59 Å². The minimum absolute atomic E-state index is 0.0855. The third-order valence-electron chi connectivity index (χ3n) is 4.67. The van der Waals surface area contributed by atoms with Gasteiger partial charge in [0.2, 0.25) is 11.8 Å². The molecule has 3 saturated carbocycles. The summed E-state index contributed by atoms with van der Waals surface area (Å²) < 4.78 is 0. The molecule has 21 heavy (non-hydrogen) atoms. The van der Waals surface area contributed by atoms with Gasteiger partial charge in [0.25, 0.3) is 0 Å². The van der Waals surface area contributed by atoms with E-state index >= 15 is 0 Å². The van der Waals surface area contributed by atoms with Gasteiger partial charge in [-0.3, -0.25) is 14.5 Å². The van der Waals surface area contributed by atoms with Gasteiger partial charge in [-0.15, -0.1) is 0 Å². The van der Waals surface area contributed by atoms with Crippen LogP contribution in [0, 0.1) is 0 Å². The third-order valence-corrected chi connectivity index (χ3v) is 4.67. The maximum absolute atomic E-state index is 12.1. The van der Waals surface area contributed by atoms with Gasteiger partial charge in [-0.25, -0.2) is 0 Å². The first kappa shape index (κ1) is 14.8. The fourth-order valence-corrected chi connectivity index (χ4v) is 3.13. The summed E-state index contributed by atoms with van der Waals surface area (Å²) in [7, 11) is 0. The molecular formula is C16H27N3O2. The first-order valence-corrected chi connectivity index (χ1v) is 8.53. The fourth-order valence-electron chi connectivity index (χ4n) is 3.13. The first-order chi connectivity index (χ1) is 10.2. The molecule has 0 unspecified atom stereocenters. The highest BCUT2D eigenvalue weighted by Gasteiger charge is 2.29. The van der Waals surface area contributed by atoms with Crippen molar-refractivity contribution < 1.29 is 9.59 Å². The molecular weight excluding hydrogens is 266 g/mol. The topological polar surface area (TPSA) is 61.4 Å². The predicted octanol–water partition coefficient (Wildman–Crippen LogP) is 1.18. The van der Waals surface area contributed by atoms with Crippen molar-refractivity contribution in [1.82, 2.24) is 15.5 Å². The van der Waals surface area contributed by atoms with E-state index in [-0.39, 0.29) is 11.8 Å². The quantitative estimate of drug-likeness (QED) is 0.741. The van der Waals surface area contributed by atoms with E-state index in [0.717, 1.165) is 38.5 Å². The van der Waals surface area contributed by atoms with Crippen molar-refractivity contribution in [2.75, 3.05) is 13.1 Å². The highest BCUT2D eigenvalue weighted by atomic mass is 16.2. The van der Waals surface area contributed by atoms with E-state index in [0.29, 0.717) is 31.2 Å². The Balaban J connectivity index is 1.52. The van der Waals surface area contributed by atoms with Crippen molar-refractivity contribution in [1.29, 1.82) is 0 Å². The lowest BCUT2D eigenvalue weighted by atomic mass is 9.94. The largest absolute Gasteiger partial charge is 0.352 e. The zero-order valence-electron chi connectivity index (χ0n) is 12.8. The van der Waals surface area contributed by atoms with Crippen LogP contribution in [0.25, 0.3) is 0 Å². The van der Waals surface area contributed by atoms with Gasteiger partial charge < -0.3 is 10.6 Å². The van der Waals surface area contributed by atoms with E-state index in [1.165, 1.54) is 19.3 Å². The Morgan fingerprint density at radius 2 is 1.24 bits per heavy atom. The van der Waals surface area contributed by atoms with Gasteiger partial charge in [0, 0.05) is 18.1 Å². The molecule has 5 heteroatoms. The number of hydrogen-bond donors (Lipinski definition) is 2. The molecule has 0 bridgehead atoms. The second-order valence-corrected chi connectivity index (χ2v) is 6.88. The molecule has 3 fully saturated rings. The average molecular weight is 293 g/mol. The summed E-state index contributed by atoms with van der Waals surface area (Å²) in [6, 6.07) is 1.19. The van der Waals surface area contributed by atoms with Crippen LogP contribution in [0.5, 0.6) is 0 Å². The van der Waals surface area contributed by atoms with Gasteiger partial charge in [0.05, 0.1) is 13.1 Å². The van der Waals surface area contributed by atoms with Crippen molar-refractivity contribution in [2.45, 2.75) is 75.9 Å². The molecule has 3 rings (SSSR count). The lowest BCUT2D eigenvalue weighted by Gasteiger charge is -2.33. The summed E-state index contributed by atoms with van der Waals surface area (Å²) in [5.74, 6) is 0.171. The van der Waals surface area contributed by atoms with Crippen LogP contribution in [0.1, 0.15) is 57.8 Å². The van der Waals surface area contributed by atoms with Crippen molar-refractivity contribution in [3.63, 3.8) is 0 Å². The number of carbonyl (C=O) groups is 2. The monoisotopic (exact) mass is 293 g/mol. The van der Waals surface area contributed by atoms with E-state index in [1.54, 1.807) is 0 Å². The lowest BCUT2D eigenvalue weighted by Crippen LogP contribution is -2.48. The Morgan fingerprint density at radius 3 is 1.67 bits per heavy atom. The predicted molar refractivity (Wildman–Crippen MR) is 80.8 cm³/mol. The van der Waals surface area contributed by atoms with Gasteiger partial charge >= 0.3 is 0 Å². The van der Waals surface area contributed by atoms with Crippen molar-refractivity contribution in [3.8, 4) is 0 Å². The Labute approximate surface area is 126 Å². The molecule has 0 radical (unpaired) electrons. The number of nitrogens with zero attached hydrogens (tertiary/aromatic N) is 1. The second-order valence-electron chi connectivity index (χ2n) is 6.88. The van der Waals surface area contributed by atoms with Gasteiger partial charge in [-0.1, -0.05) is 19.3 Å². The Bertz CT molecular complexity index is 357. The number of hydrogen-bond acceptors (Lipinski definition) is 3. The molecule has 0 saturated heterocycles. The van der Waals surface area contributed by atoms with Crippen LogP contribution in [0.15, 0.2) is 0 Å². The summed E-state index contributed by atoms with van der Waals surface area (Å²) in [5.41, 5.74) is 0. The summed E-state index contributed by atoms with van der Waals surface area (Å²) in [4.78, 5) is 26.3. The number of amides is 2. The van der Waals surface area contributed by atoms with Crippen LogP contribution in [0.4, 0.5) is 0 Å². The Hall–Kier alpha value is -1.10. The summed E-state index contributed by atoms with van der Waals surface area (Å²) in [5, 5.41) is 6.07. The second kappa shape index (κ2) is 6.77. The van der Waals surface area contributed by atoms with Gasteiger partial charge in [-0.2, -0.15) is 0 Å². The highest BCUT2D eigenvalue weighted by molar-refractivity contribution is 5.81. The minimum Gasteiger partial charge on any atom is -0.352 e. The van der Waals surface area contributed by atoms with Crippen molar-refractivity contribution in [2.24, 2.45) is 0 Å². The normalized spacial score (nSPS) is 23.1. The average Bonchev–Trinajstić information content (AvgIpc) is 3.36. The van der Waals surface area contributed by atoms with E-state index in [2.05, 4.69) is 15.5 Å². The molecule has 0 aromatic carbocycles. The molecule has 3 aliphatic rings. The number of carbonyl (C=O) groups excluding carboxylic acids is 2. The zero-order valence-corrected chi connectivity index (χ0v) is 12.8. The minimum atomic E-state index is 0.0855. The molecule has 0 aromatic rings. The number of rotatable bonds is 7. The molecule has 0 aliphatic heterocycles. The SMILES string of the molecule is O=C(CN(CC(=O)NC1CC1)C1CCCCC1)NC1CC1. The van der Waals surface area contributed by atoms with E-state index in [9.17, 15) is 9.59 Å². The molecule has 2 N–H and O–H groups in total. The molecule has 0 spiro atoms. The van der Waals surface area contributed by atoms with Crippen LogP contribution >= 0.6 is 0 Å². The van der Waals surface area contributed by atoms with E-state index < -0.39 is 0 Å². The maximum atomic E-state index is 12.1. The molecule has 118 valence electrons. The van der Waals surface area contributed by atoms with Crippen molar-refractivity contribution >= 4 is 11.8 Å². The summed E-state index contributed by atoms with van der Waals surface area (Å²) >= 11 is 0. The molecule has 0 aromatic heterocycles. The van der Waals surface area contributed by atoms with Crippen LogP contribution in [0.3, 0.4) is 0 Å². The third kappa shape index (κ3) is 4.99. The summed E-state index contributed by atoms with van der Waals surface area (Å²) in [6.45, 7) is 0.749. The number of nitrogens with one attached hydrogen (secondary N) is 2. The standard InChI is InChI=1S/C16H27N3O2/c20-15(17-12-6-7-12)10-19(14-4-2-1-3-5-14)11-16(21)18-13-8-9-13/h12-14H,1-11H2,(H,17,20)(H,18,21). The van der Waals surface area contributed by atoms with E-state index in [4.69, 9.17) is 0 Å². The molecule has 2 amide bonds. The smallest absolute Gasteiger partial charge is 0.234 e. The van der Waals surface area contributed by atoms with Gasteiger partial charge in [0.1, 0.15) is 0 Å². The maximum Gasteiger partial charge on any atom is 0.234 e. The summed E-state index contributed by atoms with van der Waals surface area (Å²) in [6.07, 6.45) is 10.4. The Morgan fingerprint density at radius 1 is 0.762 bits per heavy atom. The van der Waals surface area contributed by atoms with Gasteiger partial charge in [-0.05, 0) is 38.5 Å². The van der Waals surface area contributed by atoms with Crippen LogP contribution in [0.2, 0.25) is 0 Å². The van der Waals surface area contributed by atoms with Crippen molar-refractivity contribution in [3.05, 3.63) is 0 Å². The van der Waals surface area contributed by atoms with Crippen LogP contribution in [-0.4, -0.2) is 47.9 Å². The van der Waals surface area contributed by atoms with Crippen LogP contribution < -0.4 is 10.6 Å². The Kier molecular flexibility index (Phi) is 4.78. The first-order valence-electron chi connectivity index (χ1n) is 8.53. The lowest BCUT2D eigenvalue weighted by molar-refractivity contribution is -0.126. The molecule has 5 nitrogen and oxygen atoms in total. The molecule has 0 heterocycles. The fraction of sp³-hybridized carbons (Fsp3) is 0.875. The zero-order chi connectivity index (χ0) is 14.7. The molecule has 3 aliphatic carbocycles. The highest BCUT2D eigenvalue weighted by Crippen LogP contribution is 2.23. The molecule has 0 atom stereocenters.